The summed E-state index contributed by atoms with van der Waals surface area (Å²) in [5, 5.41) is 3.57. The summed E-state index contributed by atoms with van der Waals surface area (Å²) >= 11 is 6.17. The van der Waals surface area contributed by atoms with Crippen LogP contribution in [0, 0.1) is 5.82 Å². The third-order valence-corrected chi connectivity index (χ3v) is 3.99. The third-order valence-electron chi connectivity index (χ3n) is 3.66. The average molecular weight is 292 g/mol. The number of nitrogens with one attached hydrogen (secondary N) is 1. The van der Waals surface area contributed by atoms with Crippen LogP contribution in [0.3, 0.4) is 0 Å². The van der Waals surface area contributed by atoms with E-state index in [4.69, 9.17) is 16.3 Å². The van der Waals surface area contributed by atoms with Crippen LogP contribution in [0.15, 0.2) is 36.4 Å². The van der Waals surface area contributed by atoms with E-state index in [9.17, 15) is 4.39 Å². The molecular formula is C16H15ClFNO. The second kappa shape index (κ2) is 5.52. The number of ether oxygens (including phenoxy) is 1. The summed E-state index contributed by atoms with van der Waals surface area (Å²) in [5.41, 5.74) is 3.83. The summed E-state index contributed by atoms with van der Waals surface area (Å²) in [4.78, 5) is 0. The Bertz CT molecular complexity index is 624. The number of rotatable bonds is 3. The number of hydrogen-bond donors (Lipinski definition) is 1. The molecule has 0 saturated heterocycles. The topological polar surface area (TPSA) is 21.3 Å². The van der Waals surface area contributed by atoms with Crippen LogP contribution in [0.25, 0.3) is 0 Å². The van der Waals surface area contributed by atoms with Crippen LogP contribution >= 0.6 is 11.6 Å². The predicted molar refractivity (Wildman–Crippen MR) is 77.2 cm³/mol. The third kappa shape index (κ3) is 2.33. The monoisotopic (exact) mass is 291 g/mol. The molecule has 2 aromatic rings. The minimum Gasteiger partial charge on any atom is -0.372 e. The van der Waals surface area contributed by atoms with Crippen LogP contribution in [0.4, 0.5) is 4.39 Å². The van der Waals surface area contributed by atoms with Gasteiger partial charge in [0.2, 0.25) is 0 Å². The van der Waals surface area contributed by atoms with Crippen LogP contribution in [0.2, 0.25) is 5.02 Å². The smallest absolute Gasteiger partial charge is 0.129 e. The van der Waals surface area contributed by atoms with Gasteiger partial charge in [0.05, 0.1) is 19.3 Å². The van der Waals surface area contributed by atoms with E-state index in [0.717, 1.165) is 11.1 Å². The summed E-state index contributed by atoms with van der Waals surface area (Å²) in [7, 11) is 1.80. The molecule has 3 rings (SSSR count). The molecule has 0 saturated carbocycles. The van der Waals surface area contributed by atoms with Crippen molar-refractivity contribution in [1.29, 1.82) is 0 Å². The first-order valence-corrected chi connectivity index (χ1v) is 6.89. The molecule has 0 aromatic heterocycles. The van der Waals surface area contributed by atoms with E-state index in [2.05, 4.69) is 11.4 Å². The van der Waals surface area contributed by atoms with E-state index in [0.29, 0.717) is 23.8 Å². The molecular weight excluding hydrogens is 277 g/mol. The number of benzene rings is 2. The van der Waals surface area contributed by atoms with E-state index in [1.165, 1.54) is 11.6 Å². The van der Waals surface area contributed by atoms with E-state index in [1.54, 1.807) is 19.2 Å². The van der Waals surface area contributed by atoms with Crippen molar-refractivity contribution in [2.75, 3.05) is 7.05 Å². The quantitative estimate of drug-likeness (QED) is 0.928. The lowest BCUT2D eigenvalue weighted by Gasteiger charge is -2.20. The fourth-order valence-electron chi connectivity index (χ4n) is 2.64. The van der Waals surface area contributed by atoms with Gasteiger partial charge in [0.15, 0.2) is 0 Å². The highest BCUT2D eigenvalue weighted by atomic mass is 35.5. The first-order valence-electron chi connectivity index (χ1n) is 6.51. The van der Waals surface area contributed by atoms with Gasteiger partial charge >= 0.3 is 0 Å². The average Bonchev–Trinajstić information content (AvgIpc) is 2.90. The van der Waals surface area contributed by atoms with Gasteiger partial charge in [-0.1, -0.05) is 35.9 Å². The standard InChI is InChI=1S/C16H15ClFNO/c1-19-16(15-13(17)3-2-4-14(15)18)10-5-6-11-8-20-9-12(11)7-10/h2-7,16,19H,8-9H2,1H3. The molecule has 0 fully saturated rings. The maximum absolute atomic E-state index is 14.1. The Morgan fingerprint density at radius 2 is 2.00 bits per heavy atom. The van der Waals surface area contributed by atoms with E-state index < -0.39 is 0 Å². The Hall–Kier alpha value is -1.42. The van der Waals surface area contributed by atoms with Crippen molar-refractivity contribution in [3.05, 3.63) is 69.5 Å². The van der Waals surface area contributed by atoms with Crippen LogP contribution in [0.1, 0.15) is 28.3 Å². The van der Waals surface area contributed by atoms with Crippen LogP contribution in [-0.2, 0) is 18.0 Å². The van der Waals surface area contributed by atoms with Crippen molar-refractivity contribution in [2.45, 2.75) is 19.3 Å². The Balaban J connectivity index is 2.06. The molecule has 1 aliphatic rings. The lowest BCUT2D eigenvalue weighted by molar-refractivity contribution is 0.134. The van der Waals surface area contributed by atoms with Crippen molar-refractivity contribution in [3.63, 3.8) is 0 Å². The molecule has 0 amide bonds. The molecule has 0 bridgehead atoms. The molecule has 0 radical (unpaired) electrons. The predicted octanol–water partition coefficient (Wildman–Crippen LogP) is 3.82. The highest BCUT2D eigenvalue weighted by molar-refractivity contribution is 6.31. The Kier molecular flexibility index (Phi) is 3.74. The molecule has 0 spiro atoms. The van der Waals surface area contributed by atoms with Gasteiger partial charge in [-0.15, -0.1) is 0 Å². The van der Waals surface area contributed by atoms with Gasteiger partial charge in [0.25, 0.3) is 0 Å². The Morgan fingerprint density at radius 1 is 1.20 bits per heavy atom. The molecule has 1 unspecified atom stereocenters. The maximum Gasteiger partial charge on any atom is 0.129 e. The van der Waals surface area contributed by atoms with Crippen LogP contribution in [-0.4, -0.2) is 7.05 Å². The van der Waals surface area contributed by atoms with Crippen molar-refractivity contribution < 1.29 is 9.13 Å². The molecule has 1 atom stereocenters. The SMILES string of the molecule is CNC(c1ccc2c(c1)COC2)c1c(F)cccc1Cl. The van der Waals surface area contributed by atoms with Gasteiger partial charge in [-0.2, -0.15) is 0 Å². The summed E-state index contributed by atoms with van der Waals surface area (Å²) in [6.07, 6.45) is 0. The molecule has 1 aliphatic heterocycles. The molecule has 2 nitrogen and oxygen atoms in total. The molecule has 4 heteroatoms. The van der Waals surface area contributed by atoms with Gasteiger partial charge in [-0.25, -0.2) is 4.39 Å². The number of halogens is 2. The fraction of sp³-hybridized carbons (Fsp3) is 0.250. The second-order valence-electron chi connectivity index (χ2n) is 4.88. The number of fused-ring (bicyclic) bond motifs is 1. The summed E-state index contributed by atoms with van der Waals surface area (Å²) < 4.78 is 19.5. The van der Waals surface area contributed by atoms with E-state index in [-0.39, 0.29) is 11.9 Å². The Labute approximate surface area is 122 Å². The van der Waals surface area contributed by atoms with Gasteiger partial charge in [0.1, 0.15) is 5.82 Å². The molecule has 104 valence electrons. The lowest BCUT2D eigenvalue weighted by Crippen LogP contribution is -2.19. The summed E-state index contributed by atoms with van der Waals surface area (Å²) in [5.74, 6) is -0.298. The van der Waals surface area contributed by atoms with Crippen molar-refractivity contribution >= 4 is 11.6 Å². The zero-order chi connectivity index (χ0) is 14.1. The van der Waals surface area contributed by atoms with E-state index in [1.807, 2.05) is 12.1 Å². The van der Waals surface area contributed by atoms with Gasteiger partial charge in [-0.3, -0.25) is 0 Å². The number of hydrogen-bond acceptors (Lipinski definition) is 2. The largest absolute Gasteiger partial charge is 0.372 e. The first kappa shape index (κ1) is 13.6. The molecule has 1 heterocycles. The molecule has 20 heavy (non-hydrogen) atoms. The van der Waals surface area contributed by atoms with Crippen molar-refractivity contribution in [2.24, 2.45) is 0 Å². The summed E-state index contributed by atoms with van der Waals surface area (Å²) in [6.45, 7) is 1.27. The minimum absolute atomic E-state index is 0.269. The van der Waals surface area contributed by atoms with Gasteiger partial charge in [0, 0.05) is 10.6 Å². The molecule has 0 aliphatic carbocycles. The van der Waals surface area contributed by atoms with E-state index >= 15 is 0 Å². The van der Waals surface area contributed by atoms with Crippen molar-refractivity contribution in [3.8, 4) is 0 Å². The fourth-order valence-corrected chi connectivity index (χ4v) is 2.91. The second-order valence-corrected chi connectivity index (χ2v) is 5.29. The molecule has 2 aromatic carbocycles. The zero-order valence-electron chi connectivity index (χ0n) is 11.1. The zero-order valence-corrected chi connectivity index (χ0v) is 11.9. The lowest BCUT2D eigenvalue weighted by atomic mass is 9.95. The summed E-state index contributed by atoms with van der Waals surface area (Å²) in [6, 6.07) is 10.6. The van der Waals surface area contributed by atoms with Crippen LogP contribution < -0.4 is 5.32 Å². The van der Waals surface area contributed by atoms with Gasteiger partial charge in [-0.05, 0) is 35.9 Å². The maximum atomic E-state index is 14.1. The minimum atomic E-state index is -0.298. The van der Waals surface area contributed by atoms with Crippen molar-refractivity contribution in [1.82, 2.24) is 5.32 Å². The highest BCUT2D eigenvalue weighted by Crippen LogP contribution is 2.32. The highest BCUT2D eigenvalue weighted by Gasteiger charge is 2.21. The first-order chi connectivity index (χ1) is 9.70. The normalized spacial score (nSPS) is 15.2. The van der Waals surface area contributed by atoms with Crippen LogP contribution in [0.5, 0.6) is 0 Å². The van der Waals surface area contributed by atoms with Gasteiger partial charge < -0.3 is 10.1 Å². The molecule has 1 N–H and O–H groups in total. The Morgan fingerprint density at radius 3 is 2.75 bits per heavy atom.